The van der Waals surface area contributed by atoms with Crippen molar-refractivity contribution in [2.75, 3.05) is 39.9 Å². The molecule has 2 aromatic carbocycles. The van der Waals surface area contributed by atoms with Crippen LogP contribution in [0.25, 0.3) is 0 Å². The molecule has 244 valence electrons. The summed E-state index contributed by atoms with van der Waals surface area (Å²) in [6.45, 7) is 9.95. The molecular formula is C32H48N4O7S. The summed E-state index contributed by atoms with van der Waals surface area (Å²) in [6, 6.07) is 13.0. The number of nitrogens with one attached hydrogen (secondary N) is 3. The van der Waals surface area contributed by atoms with Crippen LogP contribution in [-0.2, 0) is 30.8 Å². The zero-order valence-corrected chi connectivity index (χ0v) is 27.4. The van der Waals surface area contributed by atoms with E-state index in [2.05, 4.69) is 16.0 Å². The van der Waals surface area contributed by atoms with E-state index < -0.39 is 39.5 Å². The smallest absolute Gasteiger partial charge is 0.243 e. The standard InChI is InChI=1S/C32H48N4O7S/c1-23(2)20-36(44(41,42)26-14-12-25(22-37)13-15-26)21-28(38)27(18-24-10-8-7-9-11-24)34-31(40)30(32(3,4)5)35-29(39)19-33-16-17-43-6/h7-15,22-23,27-28,30,33,38H,16-21H2,1-6H3,(H,34,40)(H,35,39)/t27-,28+,30+/m0/s1. The highest BCUT2D eigenvalue weighted by atomic mass is 32.2. The van der Waals surface area contributed by atoms with E-state index in [1.54, 1.807) is 7.11 Å². The second kappa shape index (κ2) is 17.4. The van der Waals surface area contributed by atoms with Gasteiger partial charge >= 0.3 is 0 Å². The molecule has 0 saturated carbocycles. The third-order valence-electron chi connectivity index (χ3n) is 6.91. The lowest BCUT2D eigenvalue weighted by Gasteiger charge is -2.34. The summed E-state index contributed by atoms with van der Waals surface area (Å²) in [5.74, 6) is -0.928. The molecule has 4 N–H and O–H groups in total. The number of aldehydes is 1. The van der Waals surface area contributed by atoms with Gasteiger partial charge in [0.05, 0.1) is 30.2 Å². The van der Waals surface area contributed by atoms with Crippen LogP contribution in [0.1, 0.15) is 50.5 Å². The maximum Gasteiger partial charge on any atom is 0.243 e. The quantitative estimate of drug-likeness (QED) is 0.144. The van der Waals surface area contributed by atoms with Gasteiger partial charge in [0.15, 0.2) is 0 Å². The number of benzene rings is 2. The van der Waals surface area contributed by atoms with Gasteiger partial charge in [0.25, 0.3) is 0 Å². The van der Waals surface area contributed by atoms with Crippen molar-refractivity contribution in [1.82, 2.24) is 20.3 Å². The van der Waals surface area contributed by atoms with E-state index in [9.17, 15) is 27.9 Å². The van der Waals surface area contributed by atoms with Crippen LogP contribution in [0.15, 0.2) is 59.5 Å². The van der Waals surface area contributed by atoms with Crippen LogP contribution in [0.2, 0.25) is 0 Å². The van der Waals surface area contributed by atoms with Gasteiger partial charge in [0.2, 0.25) is 21.8 Å². The molecule has 0 spiro atoms. The van der Waals surface area contributed by atoms with Gasteiger partial charge in [-0.3, -0.25) is 14.4 Å². The number of nitrogens with zero attached hydrogens (tertiary/aromatic N) is 1. The van der Waals surface area contributed by atoms with Crippen molar-refractivity contribution in [1.29, 1.82) is 0 Å². The van der Waals surface area contributed by atoms with Crippen LogP contribution in [0.4, 0.5) is 0 Å². The lowest BCUT2D eigenvalue weighted by Crippen LogP contribution is -2.59. The number of ether oxygens (including phenoxy) is 1. The van der Waals surface area contributed by atoms with Crippen LogP contribution in [0, 0.1) is 11.3 Å². The zero-order chi connectivity index (χ0) is 32.9. The van der Waals surface area contributed by atoms with Gasteiger partial charge in [-0.05, 0) is 35.4 Å². The molecule has 0 heterocycles. The average Bonchev–Trinajstić information content (AvgIpc) is 2.97. The van der Waals surface area contributed by atoms with Gasteiger partial charge < -0.3 is 25.8 Å². The normalized spacial score (nSPS) is 14.2. The van der Waals surface area contributed by atoms with E-state index in [-0.39, 0.29) is 42.8 Å². The number of amides is 2. The largest absolute Gasteiger partial charge is 0.390 e. The minimum Gasteiger partial charge on any atom is -0.390 e. The molecular weight excluding hydrogens is 584 g/mol. The summed E-state index contributed by atoms with van der Waals surface area (Å²) in [5.41, 5.74) is 0.504. The third-order valence-corrected chi connectivity index (χ3v) is 8.75. The van der Waals surface area contributed by atoms with Crippen molar-refractivity contribution in [3.63, 3.8) is 0 Å². The maximum atomic E-state index is 13.7. The Kier molecular flexibility index (Phi) is 14.6. The van der Waals surface area contributed by atoms with E-state index in [4.69, 9.17) is 4.74 Å². The van der Waals surface area contributed by atoms with E-state index in [1.165, 1.54) is 28.6 Å². The topological polar surface area (TPSA) is 154 Å². The Balaban J connectivity index is 2.35. The van der Waals surface area contributed by atoms with Crippen LogP contribution < -0.4 is 16.0 Å². The van der Waals surface area contributed by atoms with Gasteiger partial charge in [-0.15, -0.1) is 0 Å². The molecule has 11 nitrogen and oxygen atoms in total. The number of carbonyl (C=O) groups is 3. The Hall–Kier alpha value is -3.16. The van der Waals surface area contributed by atoms with E-state index in [0.717, 1.165) is 5.56 Å². The number of hydrogen-bond donors (Lipinski definition) is 4. The lowest BCUT2D eigenvalue weighted by molar-refractivity contribution is -0.132. The van der Waals surface area contributed by atoms with Gasteiger partial charge in [-0.2, -0.15) is 4.31 Å². The molecule has 44 heavy (non-hydrogen) atoms. The van der Waals surface area contributed by atoms with E-state index in [1.807, 2.05) is 65.0 Å². The summed E-state index contributed by atoms with van der Waals surface area (Å²) in [4.78, 5) is 37.5. The number of sulfonamides is 1. The Morgan fingerprint density at radius 2 is 1.64 bits per heavy atom. The van der Waals surface area contributed by atoms with Crippen molar-refractivity contribution >= 4 is 28.1 Å². The lowest BCUT2D eigenvalue weighted by atomic mass is 9.85. The highest BCUT2D eigenvalue weighted by Gasteiger charge is 2.36. The first kappa shape index (κ1) is 37.0. The highest BCUT2D eigenvalue weighted by Crippen LogP contribution is 2.22. The fraction of sp³-hybridized carbons (Fsp3) is 0.531. The Morgan fingerprint density at radius 3 is 2.18 bits per heavy atom. The molecule has 12 heteroatoms. The maximum absolute atomic E-state index is 13.7. The Bertz CT molecular complexity index is 1300. The SMILES string of the molecule is COCCNCC(=O)N[C@H](C(=O)N[C@@H](Cc1ccccc1)[C@H](O)CN(CC(C)C)S(=O)(=O)c1ccc(C=O)cc1)C(C)(C)C. The third kappa shape index (κ3) is 11.7. The van der Waals surface area contributed by atoms with Gasteiger partial charge in [-0.1, -0.05) is 77.1 Å². The molecule has 0 aliphatic carbocycles. The number of methoxy groups -OCH3 is 1. The summed E-state index contributed by atoms with van der Waals surface area (Å²) in [7, 11) is -2.49. The number of carbonyl (C=O) groups excluding carboxylic acids is 3. The van der Waals surface area contributed by atoms with Crippen LogP contribution in [-0.4, -0.2) is 94.0 Å². The average molecular weight is 633 g/mol. The molecule has 3 atom stereocenters. The molecule has 0 aromatic heterocycles. The predicted molar refractivity (Wildman–Crippen MR) is 170 cm³/mol. The fourth-order valence-corrected chi connectivity index (χ4v) is 6.18. The summed E-state index contributed by atoms with van der Waals surface area (Å²) >= 11 is 0. The second-order valence-corrected chi connectivity index (χ2v) is 14.2. The summed E-state index contributed by atoms with van der Waals surface area (Å²) in [5, 5.41) is 20.2. The molecule has 2 rings (SSSR count). The summed E-state index contributed by atoms with van der Waals surface area (Å²) < 4.78 is 33.5. The molecule has 0 bridgehead atoms. The first-order valence-corrected chi connectivity index (χ1v) is 16.2. The van der Waals surface area contributed by atoms with E-state index in [0.29, 0.717) is 25.0 Å². The molecule has 0 fully saturated rings. The monoisotopic (exact) mass is 632 g/mol. The summed E-state index contributed by atoms with van der Waals surface area (Å²) in [6.07, 6.45) is -0.441. The second-order valence-electron chi connectivity index (χ2n) is 12.3. The molecule has 0 aliphatic rings. The predicted octanol–water partition coefficient (Wildman–Crippen LogP) is 2.00. The van der Waals surface area contributed by atoms with Crippen LogP contribution in [0.3, 0.4) is 0 Å². The Labute approximate surface area is 261 Å². The molecule has 0 aliphatic heterocycles. The van der Waals surface area contributed by atoms with Crippen LogP contribution >= 0.6 is 0 Å². The van der Waals surface area contributed by atoms with Crippen molar-refractivity contribution < 1.29 is 32.6 Å². The minimum absolute atomic E-state index is 0.00482. The molecule has 2 aromatic rings. The van der Waals surface area contributed by atoms with Crippen molar-refractivity contribution in [3.8, 4) is 0 Å². The van der Waals surface area contributed by atoms with Crippen molar-refractivity contribution in [2.45, 2.75) is 64.1 Å². The number of rotatable bonds is 18. The molecule has 0 saturated heterocycles. The highest BCUT2D eigenvalue weighted by molar-refractivity contribution is 7.89. The van der Waals surface area contributed by atoms with Crippen molar-refractivity contribution in [3.05, 3.63) is 65.7 Å². The van der Waals surface area contributed by atoms with Gasteiger partial charge in [0, 0.05) is 32.3 Å². The zero-order valence-electron chi connectivity index (χ0n) is 26.6. The number of aliphatic hydroxyl groups excluding tert-OH is 1. The van der Waals surface area contributed by atoms with Gasteiger partial charge in [-0.25, -0.2) is 8.42 Å². The number of hydrogen-bond acceptors (Lipinski definition) is 8. The minimum atomic E-state index is -4.05. The molecule has 2 amide bonds. The van der Waals surface area contributed by atoms with Crippen molar-refractivity contribution in [2.24, 2.45) is 11.3 Å². The first-order valence-electron chi connectivity index (χ1n) is 14.8. The number of aliphatic hydroxyl groups is 1. The molecule has 0 radical (unpaired) electrons. The first-order chi connectivity index (χ1) is 20.7. The van der Waals surface area contributed by atoms with Crippen LogP contribution in [0.5, 0.6) is 0 Å². The fourth-order valence-electron chi connectivity index (χ4n) is 4.56. The van der Waals surface area contributed by atoms with Gasteiger partial charge in [0.1, 0.15) is 12.3 Å². The Morgan fingerprint density at radius 1 is 1.00 bits per heavy atom. The molecule has 0 unspecified atom stereocenters. The van der Waals surface area contributed by atoms with E-state index >= 15 is 0 Å².